The number of nitrogens with zero attached hydrogens (tertiary/aromatic N) is 2. The maximum atomic E-state index is 10.0. The van der Waals surface area contributed by atoms with Crippen LogP contribution in [0.2, 0.25) is 0 Å². The lowest BCUT2D eigenvalue weighted by atomic mass is 9.90. The number of aliphatic hydroxyl groups excluding tert-OH is 1. The molecule has 0 aliphatic rings. The molecule has 1 aromatic rings. The summed E-state index contributed by atoms with van der Waals surface area (Å²) >= 11 is 0. The fourth-order valence-corrected chi connectivity index (χ4v) is 1.70. The van der Waals surface area contributed by atoms with Crippen LogP contribution in [0, 0.1) is 18.8 Å². The highest BCUT2D eigenvalue weighted by molar-refractivity contribution is 5.09. The van der Waals surface area contributed by atoms with Crippen LogP contribution in [-0.2, 0) is 13.5 Å². The molecule has 1 N–H and O–H groups in total. The van der Waals surface area contributed by atoms with Gasteiger partial charge in [-0.15, -0.1) is 0 Å². The molecule has 0 aromatic carbocycles. The zero-order valence-electron chi connectivity index (χ0n) is 10.4. The lowest BCUT2D eigenvalue weighted by Gasteiger charge is -2.22. The molecular weight excluding hydrogens is 188 g/mol. The molecule has 1 rings (SSSR count). The van der Waals surface area contributed by atoms with Gasteiger partial charge in [-0.25, -0.2) is 0 Å². The fourth-order valence-electron chi connectivity index (χ4n) is 1.70. The van der Waals surface area contributed by atoms with Crippen molar-refractivity contribution in [2.45, 2.75) is 40.2 Å². The Morgan fingerprint density at radius 1 is 1.40 bits per heavy atom. The lowest BCUT2D eigenvalue weighted by molar-refractivity contribution is 0.0904. The quantitative estimate of drug-likeness (QED) is 0.824. The molecule has 0 aliphatic carbocycles. The molecule has 0 radical (unpaired) electrons. The second-order valence-electron chi connectivity index (χ2n) is 4.78. The first kappa shape index (κ1) is 12.2. The third-order valence-electron chi connectivity index (χ3n) is 3.18. The van der Waals surface area contributed by atoms with Crippen molar-refractivity contribution in [3.05, 3.63) is 17.5 Å². The van der Waals surface area contributed by atoms with Crippen molar-refractivity contribution < 1.29 is 5.11 Å². The minimum atomic E-state index is -0.278. The first-order valence-electron chi connectivity index (χ1n) is 5.59. The summed E-state index contributed by atoms with van der Waals surface area (Å²) in [5.74, 6) is 0.828. The Morgan fingerprint density at radius 3 is 2.40 bits per heavy atom. The molecule has 86 valence electrons. The smallest absolute Gasteiger partial charge is 0.0623 e. The lowest BCUT2D eigenvalue weighted by Crippen LogP contribution is -2.25. The van der Waals surface area contributed by atoms with Crippen LogP contribution in [0.5, 0.6) is 0 Å². The Morgan fingerprint density at radius 2 is 2.00 bits per heavy atom. The molecule has 0 bridgehead atoms. The van der Waals surface area contributed by atoms with E-state index in [1.165, 1.54) is 0 Å². The summed E-state index contributed by atoms with van der Waals surface area (Å²) in [4.78, 5) is 0. The van der Waals surface area contributed by atoms with Gasteiger partial charge in [0.05, 0.1) is 11.8 Å². The van der Waals surface area contributed by atoms with E-state index >= 15 is 0 Å². The number of aromatic nitrogens is 2. The normalized spacial score (nSPS) is 15.7. The Kier molecular flexibility index (Phi) is 3.91. The highest BCUT2D eigenvalue weighted by Gasteiger charge is 2.19. The van der Waals surface area contributed by atoms with Crippen LogP contribution in [0.3, 0.4) is 0 Å². The summed E-state index contributed by atoms with van der Waals surface area (Å²) in [5, 5.41) is 14.3. The summed E-state index contributed by atoms with van der Waals surface area (Å²) in [5.41, 5.74) is 2.12. The Balaban J connectivity index is 2.65. The van der Waals surface area contributed by atoms with Crippen LogP contribution in [0.4, 0.5) is 0 Å². The van der Waals surface area contributed by atoms with Crippen molar-refractivity contribution in [3.63, 3.8) is 0 Å². The molecular formula is C12H22N2O. The van der Waals surface area contributed by atoms with Gasteiger partial charge in [0, 0.05) is 19.2 Å². The summed E-state index contributed by atoms with van der Waals surface area (Å²) in [7, 11) is 1.93. The van der Waals surface area contributed by atoms with Gasteiger partial charge in [-0.05, 0) is 24.8 Å². The van der Waals surface area contributed by atoms with Gasteiger partial charge in [0.1, 0.15) is 0 Å². The highest BCUT2D eigenvalue weighted by atomic mass is 16.3. The van der Waals surface area contributed by atoms with Crippen molar-refractivity contribution in [3.8, 4) is 0 Å². The second-order valence-corrected chi connectivity index (χ2v) is 4.78. The van der Waals surface area contributed by atoms with Crippen molar-refractivity contribution >= 4 is 0 Å². The van der Waals surface area contributed by atoms with Crippen LogP contribution in [0.15, 0.2) is 6.07 Å². The zero-order valence-corrected chi connectivity index (χ0v) is 10.4. The minimum absolute atomic E-state index is 0.278. The van der Waals surface area contributed by atoms with Gasteiger partial charge >= 0.3 is 0 Å². The molecule has 3 heteroatoms. The van der Waals surface area contributed by atoms with E-state index in [0.29, 0.717) is 18.3 Å². The number of hydrogen-bond donors (Lipinski definition) is 1. The highest BCUT2D eigenvalue weighted by Crippen LogP contribution is 2.18. The predicted molar refractivity (Wildman–Crippen MR) is 61.7 cm³/mol. The van der Waals surface area contributed by atoms with Gasteiger partial charge in [-0.2, -0.15) is 5.10 Å². The van der Waals surface area contributed by atoms with E-state index in [2.05, 4.69) is 25.9 Å². The molecule has 3 nitrogen and oxygen atoms in total. The molecule has 2 unspecified atom stereocenters. The van der Waals surface area contributed by atoms with Crippen molar-refractivity contribution in [1.82, 2.24) is 9.78 Å². The molecule has 0 aliphatic heterocycles. The predicted octanol–water partition coefficient (Wildman–Crippen LogP) is 1.92. The van der Waals surface area contributed by atoms with E-state index in [9.17, 15) is 5.11 Å². The summed E-state index contributed by atoms with van der Waals surface area (Å²) in [6, 6.07) is 2.04. The number of aliphatic hydroxyl groups is 1. The van der Waals surface area contributed by atoms with Crippen LogP contribution in [0.1, 0.15) is 32.2 Å². The van der Waals surface area contributed by atoms with Gasteiger partial charge in [0.25, 0.3) is 0 Å². The SMILES string of the molecule is Cc1cc(CC(O)C(C)C(C)C)n(C)n1. The second kappa shape index (κ2) is 4.79. The maximum Gasteiger partial charge on any atom is 0.0623 e. The Hall–Kier alpha value is -0.830. The zero-order chi connectivity index (χ0) is 11.6. The van der Waals surface area contributed by atoms with E-state index in [1.54, 1.807) is 0 Å². The van der Waals surface area contributed by atoms with Crippen LogP contribution < -0.4 is 0 Å². The van der Waals surface area contributed by atoms with Crippen LogP contribution >= 0.6 is 0 Å². The van der Waals surface area contributed by atoms with Crippen LogP contribution in [0.25, 0.3) is 0 Å². The molecule has 1 aromatic heterocycles. The van der Waals surface area contributed by atoms with Gasteiger partial charge in [-0.3, -0.25) is 4.68 Å². The fraction of sp³-hybridized carbons (Fsp3) is 0.750. The topological polar surface area (TPSA) is 38.0 Å². The summed E-state index contributed by atoms with van der Waals surface area (Å²) in [6.45, 7) is 8.35. The summed E-state index contributed by atoms with van der Waals surface area (Å²) in [6.07, 6.45) is 0.413. The van der Waals surface area contributed by atoms with E-state index < -0.39 is 0 Å². The van der Waals surface area contributed by atoms with Gasteiger partial charge in [0.15, 0.2) is 0 Å². The van der Waals surface area contributed by atoms with Crippen molar-refractivity contribution in [1.29, 1.82) is 0 Å². The van der Waals surface area contributed by atoms with E-state index in [0.717, 1.165) is 11.4 Å². The molecule has 0 spiro atoms. The molecule has 0 fully saturated rings. The van der Waals surface area contributed by atoms with Crippen LogP contribution in [-0.4, -0.2) is 21.0 Å². The Bertz CT molecular complexity index is 317. The standard InChI is InChI=1S/C12H22N2O/c1-8(2)10(4)12(15)7-11-6-9(3)13-14(11)5/h6,8,10,12,15H,7H2,1-5H3. The van der Waals surface area contributed by atoms with E-state index in [4.69, 9.17) is 0 Å². The summed E-state index contributed by atoms with van der Waals surface area (Å²) < 4.78 is 1.85. The van der Waals surface area contributed by atoms with E-state index in [-0.39, 0.29) is 6.10 Å². The Labute approximate surface area is 92.1 Å². The first-order chi connectivity index (χ1) is 6.91. The largest absolute Gasteiger partial charge is 0.392 e. The van der Waals surface area contributed by atoms with Gasteiger partial charge < -0.3 is 5.11 Å². The van der Waals surface area contributed by atoms with Gasteiger partial charge in [0.2, 0.25) is 0 Å². The average molecular weight is 210 g/mol. The van der Waals surface area contributed by atoms with Crippen molar-refractivity contribution in [2.75, 3.05) is 0 Å². The monoisotopic (exact) mass is 210 g/mol. The van der Waals surface area contributed by atoms with Crippen molar-refractivity contribution in [2.24, 2.45) is 18.9 Å². The molecule has 0 saturated carbocycles. The van der Waals surface area contributed by atoms with E-state index in [1.807, 2.05) is 24.7 Å². The molecule has 15 heavy (non-hydrogen) atoms. The molecule has 0 saturated heterocycles. The maximum absolute atomic E-state index is 10.0. The number of hydrogen-bond acceptors (Lipinski definition) is 2. The van der Waals surface area contributed by atoms with Gasteiger partial charge in [-0.1, -0.05) is 20.8 Å². The molecule has 2 atom stereocenters. The first-order valence-corrected chi connectivity index (χ1v) is 5.59. The third-order valence-corrected chi connectivity index (χ3v) is 3.18. The average Bonchev–Trinajstić information content (AvgIpc) is 2.43. The molecule has 0 amide bonds. The third kappa shape index (κ3) is 3.06. The number of rotatable bonds is 4. The minimum Gasteiger partial charge on any atom is -0.392 e. The molecule has 1 heterocycles. The number of aryl methyl sites for hydroxylation is 2.